The number of hydrogen-bond donors (Lipinski definition) is 1. The zero-order chi connectivity index (χ0) is 17.3. The smallest absolute Gasteiger partial charge is 0.234 e. The predicted octanol–water partition coefficient (Wildman–Crippen LogP) is 1.16. The third-order valence-electron chi connectivity index (χ3n) is 4.30. The van der Waals surface area contributed by atoms with E-state index in [4.69, 9.17) is 0 Å². The van der Waals surface area contributed by atoms with Gasteiger partial charge in [-0.3, -0.25) is 9.59 Å². The van der Waals surface area contributed by atoms with E-state index in [2.05, 4.69) is 15.4 Å². The Morgan fingerprint density at radius 2 is 2.04 bits per heavy atom. The number of para-hydroxylation sites is 1. The molecule has 24 heavy (non-hydrogen) atoms. The maximum absolute atomic E-state index is 12.4. The number of benzene rings is 1. The average molecular weight is 327 g/mol. The molecule has 0 saturated heterocycles. The van der Waals surface area contributed by atoms with Crippen molar-refractivity contribution < 1.29 is 9.59 Å². The molecule has 1 aliphatic heterocycles. The van der Waals surface area contributed by atoms with Crippen molar-refractivity contribution in [3.8, 4) is 0 Å². The zero-order valence-corrected chi connectivity index (χ0v) is 14.1. The first-order valence-electron chi connectivity index (χ1n) is 7.98. The first-order valence-corrected chi connectivity index (χ1v) is 7.98. The van der Waals surface area contributed by atoms with Crippen molar-refractivity contribution in [1.82, 2.24) is 20.1 Å². The van der Waals surface area contributed by atoms with E-state index in [1.54, 1.807) is 16.6 Å². The summed E-state index contributed by atoms with van der Waals surface area (Å²) < 4.78 is 1.76. The van der Waals surface area contributed by atoms with Gasteiger partial charge in [0.25, 0.3) is 0 Å². The highest BCUT2D eigenvalue weighted by Gasteiger charge is 2.35. The van der Waals surface area contributed by atoms with Crippen LogP contribution >= 0.6 is 0 Å². The lowest BCUT2D eigenvalue weighted by molar-refractivity contribution is -0.125. The minimum atomic E-state index is -0.401. The Morgan fingerprint density at radius 3 is 2.75 bits per heavy atom. The van der Waals surface area contributed by atoms with Crippen molar-refractivity contribution in [3.63, 3.8) is 0 Å². The van der Waals surface area contributed by atoms with Gasteiger partial charge in [-0.15, -0.1) is 0 Å². The van der Waals surface area contributed by atoms with Gasteiger partial charge in [-0.1, -0.05) is 18.2 Å². The third-order valence-corrected chi connectivity index (χ3v) is 4.30. The molecular weight excluding hydrogens is 306 g/mol. The number of carbonyl (C=O) groups excluding carboxylic acids is 2. The number of likely N-dealkylation sites (N-methyl/N-ethyl adjacent to an activating group) is 1. The van der Waals surface area contributed by atoms with Crippen molar-refractivity contribution in [2.24, 2.45) is 0 Å². The molecule has 7 nitrogen and oxygen atoms in total. The van der Waals surface area contributed by atoms with Crippen LogP contribution in [0.5, 0.6) is 0 Å². The highest BCUT2D eigenvalue weighted by molar-refractivity contribution is 6.06. The summed E-state index contributed by atoms with van der Waals surface area (Å²) in [5.74, 6) is 0.974. The molecule has 0 radical (unpaired) electrons. The fourth-order valence-corrected chi connectivity index (χ4v) is 3.10. The van der Waals surface area contributed by atoms with E-state index in [0.29, 0.717) is 13.1 Å². The van der Waals surface area contributed by atoms with Gasteiger partial charge in [0.15, 0.2) is 0 Å². The molecule has 1 aliphatic rings. The summed E-state index contributed by atoms with van der Waals surface area (Å²) in [6.45, 7) is 4.74. The van der Waals surface area contributed by atoms with Gasteiger partial charge >= 0.3 is 0 Å². The fourth-order valence-electron chi connectivity index (χ4n) is 3.10. The number of fused-ring (bicyclic) bond motifs is 1. The Kier molecular flexibility index (Phi) is 4.33. The van der Waals surface area contributed by atoms with E-state index < -0.39 is 5.92 Å². The highest BCUT2D eigenvalue weighted by atomic mass is 16.2. The van der Waals surface area contributed by atoms with Crippen molar-refractivity contribution in [2.75, 3.05) is 18.5 Å². The van der Waals surface area contributed by atoms with E-state index >= 15 is 0 Å². The van der Waals surface area contributed by atoms with E-state index in [1.807, 2.05) is 38.1 Å². The standard InChI is InChI=1S/C17H21N5O2/c1-11-19-12(2)22(20-11)9-8-18-16(23)10-14-13-6-4-5-7-15(13)21(3)17(14)24/h4-7,14H,8-10H2,1-3H3,(H,18,23)/t14-/m0/s1. The van der Waals surface area contributed by atoms with Crippen molar-refractivity contribution in [1.29, 1.82) is 0 Å². The number of aromatic nitrogens is 3. The third kappa shape index (κ3) is 3.02. The molecule has 0 saturated carbocycles. The second-order valence-corrected chi connectivity index (χ2v) is 5.99. The number of carbonyl (C=O) groups is 2. The maximum Gasteiger partial charge on any atom is 0.234 e. The molecule has 2 aromatic rings. The van der Waals surface area contributed by atoms with Gasteiger partial charge in [0, 0.05) is 25.7 Å². The lowest BCUT2D eigenvalue weighted by Crippen LogP contribution is -2.31. The molecular formula is C17H21N5O2. The lowest BCUT2D eigenvalue weighted by Gasteiger charge is -2.11. The normalized spacial score (nSPS) is 16.4. The Bertz CT molecular complexity index is 783. The molecule has 1 N–H and O–H groups in total. The molecule has 0 bridgehead atoms. The topological polar surface area (TPSA) is 80.1 Å². The molecule has 126 valence electrons. The minimum absolute atomic E-state index is 0.0332. The molecule has 1 aromatic carbocycles. The predicted molar refractivity (Wildman–Crippen MR) is 89.7 cm³/mol. The van der Waals surface area contributed by atoms with Gasteiger partial charge in [-0.2, -0.15) is 5.10 Å². The van der Waals surface area contributed by atoms with Gasteiger partial charge in [0.1, 0.15) is 11.6 Å². The van der Waals surface area contributed by atoms with Crippen molar-refractivity contribution in [3.05, 3.63) is 41.5 Å². The van der Waals surface area contributed by atoms with E-state index in [-0.39, 0.29) is 18.2 Å². The summed E-state index contributed by atoms with van der Waals surface area (Å²) in [6.07, 6.45) is 0.162. The van der Waals surface area contributed by atoms with Gasteiger partial charge < -0.3 is 10.2 Å². The largest absolute Gasteiger partial charge is 0.354 e. The maximum atomic E-state index is 12.4. The van der Waals surface area contributed by atoms with Crippen LogP contribution in [0.4, 0.5) is 5.69 Å². The summed E-state index contributed by atoms with van der Waals surface area (Å²) in [5.41, 5.74) is 1.80. The summed E-state index contributed by atoms with van der Waals surface area (Å²) in [5, 5.41) is 7.12. The SMILES string of the molecule is Cc1nc(C)n(CCNC(=O)C[C@@H]2C(=O)N(C)c3ccccc32)n1. The van der Waals surface area contributed by atoms with Crippen LogP contribution in [0.25, 0.3) is 0 Å². The van der Waals surface area contributed by atoms with E-state index in [9.17, 15) is 9.59 Å². The van der Waals surface area contributed by atoms with Crippen LogP contribution in [-0.4, -0.2) is 40.2 Å². The lowest BCUT2D eigenvalue weighted by atomic mass is 9.97. The van der Waals surface area contributed by atoms with Crippen LogP contribution in [0, 0.1) is 13.8 Å². The number of amides is 2. The number of nitrogens with one attached hydrogen (secondary N) is 1. The number of hydrogen-bond acceptors (Lipinski definition) is 4. The number of aryl methyl sites for hydroxylation is 2. The van der Waals surface area contributed by atoms with Crippen LogP contribution in [-0.2, 0) is 16.1 Å². The van der Waals surface area contributed by atoms with Crippen LogP contribution in [0.2, 0.25) is 0 Å². The van der Waals surface area contributed by atoms with Gasteiger partial charge in [-0.25, -0.2) is 9.67 Å². The molecule has 7 heteroatoms. The quantitative estimate of drug-likeness (QED) is 0.894. The monoisotopic (exact) mass is 327 g/mol. The summed E-state index contributed by atoms with van der Waals surface area (Å²) in [6, 6.07) is 7.61. The van der Waals surface area contributed by atoms with Crippen molar-refractivity contribution >= 4 is 17.5 Å². The van der Waals surface area contributed by atoms with Crippen LogP contribution in [0.3, 0.4) is 0 Å². The number of anilines is 1. The molecule has 1 aromatic heterocycles. The van der Waals surface area contributed by atoms with E-state index in [0.717, 1.165) is 22.9 Å². The van der Waals surface area contributed by atoms with Gasteiger partial charge in [-0.05, 0) is 25.5 Å². The first kappa shape index (κ1) is 16.2. The van der Waals surface area contributed by atoms with Crippen LogP contribution < -0.4 is 10.2 Å². The zero-order valence-electron chi connectivity index (χ0n) is 14.1. The fraction of sp³-hybridized carbons (Fsp3) is 0.412. The molecule has 0 unspecified atom stereocenters. The molecule has 0 fully saturated rings. The minimum Gasteiger partial charge on any atom is -0.354 e. The molecule has 3 rings (SSSR count). The van der Waals surface area contributed by atoms with Crippen LogP contribution in [0.1, 0.15) is 29.6 Å². The van der Waals surface area contributed by atoms with E-state index in [1.165, 1.54) is 0 Å². The van der Waals surface area contributed by atoms with Crippen molar-refractivity contribution in [2.45, 2.75) is 32.7 Å². The molecule has 0 spiro atoms. The summed E-state index contributed by atoms with van der Waals surface area (Å²) in [7, 11) is 1.74. The van der Waals surface area contributed by atoms with Crippen LogP contribution in [0.15, 0.2) is 24.3 Å². The second-order valence-electron chi connectivity index (χ2n) is 5.99. The second kappa shape index (κ2) is 6.43. The highest BCUT2D eigenvalue weighted by Crippen LogP contribution is 2.37. The number of nitrogens with zero attached hydrogens (tertiary/aromatic N) is 4. The first-order chi connectivity index (χ1) is 11.5. The average Bonchev–Trinajstić information content (AvgIpc) is 2.99. The molecule has 0 aliphatic carbocycles. The van der Waals surface area contributed by atoms with Gasteiger partial charge in [0.05, 0.1) is 12.5 Å². The Balaban J connectivity index is 1.57. The molecule has 1 atom stereocenters. The molecule has 2 amide bonds. The van der Waals surface area contributed by atoms with Gasteiger partial charge in [0.2, 0.25) is 11.8 Å². The Hall–Kier alpha value is -2.70. The molecule has 2 heterocycles. The summed E-state index contributed by atoms with van der Waals surface area (Å²) >= 11 is 0. The Labute approximate surface area is 140 Å². The Morgan fingerprint density at radius 1 is 1.29 bits per heavy atom. The number of rotatable bonds is 5. The summed E-state index contributed by atoms with van der Waals surface area (Å²) in [4.78, 5) is 30.4.